The average Bonchev–Trinajstić information content (AvgIpc) is 2.74. The highest BCUT2D eigenvalue weighted by Gasteiger charge is 2.13. The van der Waals surface area contributed by atoms with Crippen LogP contribution in [-0.2, 0) is 4.79 Å². The zero-order valence-corrected chi connectivity index (χ0v) is 11.1. The number of hydrogen-bond donors (Lipinski definition) is 1. The summed E-state index contributed by atoms with van der Waals surface area (Å²) >= 11 is 2.25. The van der Waals surface area contributed by atoms with E-state index in [1.54, 1.807) is 0 Å². The van der Waals surface area contributed by atoms with Gasteiger partial charge in [-0.1, -0.05) is 12.2 Å². The molecule has 0 fully saturated rings. The number of benzene rings is 1. The van der Waals surface area contributed by atoms with Crippen molar-refractivity contribution in [3.8, 4) is 0 Å². The van der Waals surface area contributed by atoms with E-state index in [1.165, 1.54) is 3.57 Å². The predicted octanol–water partition coefficient (Wildman–Crippen LogP) is 3.59. The van der Waals surface area contributed by atoms with Crippen molar-refractivity contribution in [2.45, 2.75) is 19.3 Å². The van der Waals surface area contributed by atoms with E-state index in [-0.39, 0.29) is 5.91 Å². The molecule has 1 aromatic rings. The molecule has 0 radical (unpaired) electrons. The van der Waals surface area contributed by atoms with Gasteiger partial charge in [-0.15, -0.1) is 0 Å². The van der Waals surface area contributed by atoms with Gasteiger partial charge in [-0.25, -0.2) is 0 Å². The van der Waals surface area contributed by atoms with Crippen molar-refractivity contribution in [3.63, 3.8) is 0 Å². The lowest BCUT2D eigenvalue weighted by Gasteiger charge is -2.08. The van der Waals surface area contributed by atoms with Crippen LogP contribution in [0.25, 0.3) is 0 Å². The van der Waals surface area contributed by atoms with E-state index >= 15 is 0 Å². The second-order valence-corrected chi connectivity index (χ2v) is 5.27. The average molecular weight is 327 g/mol. The van der Waals surface area contributed by atoms with Gasteiger partial charge in [0.2, 0.25) is 5.91 Å². The van der Waals surface area contributed by atoms with E-state index in [0.717, 1.165) is 18.5 Å². The van der Waals surface area contributed by atoms with Crippen LogP contribution in [0.5, 0.6) is 0 Å². The van der Waals surface area contributed by atoms with Crippen LogP contribution in [0.1, 0.15) is 19.3 Å². The van der Waals surface area contributed by atoms with E-state index < -0.39 is 0 Å². The molecule has 0 heterocycles. The molecule has 0 aromatic heterocycles. The van der Waals surface area contributed by atoms with Crippen LogP contribution in [-0.4, -0.2) is 5.91 Å². The number of amides is 1. The number of anilines is 1. The molecule has 2 nitrogen and oxygen atoms in total. The maximum Gasteiger partial charge on any atom is 0.224 e. The highest BCUT2D eigenvalue weighted by molar-refractivity contribution is 14.1. The number of rotatable bonds is 3. The minimum Gasteiger partial charge on any atom is -0.326 e. The molecule has 2 rings (SSSR count). The minimum absolute atomic E-state index is 0.109. The van der Waals surface area contributed by atoms with Crippen molar-refractivity contribution >= 4 is 34.2 Å². The molecule has 1 aromatic carbocycles. The van der Waals surface area contributed by atoms with Gasteiger partial charge < -0.3 is 5.32 Å². The summed E-state index contributed by atoms with van der Waals surface area (Å²) in [6.45, 7) is 0. The van der Waals surface area contributed by atoms with Crippen LogP contribution in [0.4, 0.5) is 5.69 Å². The van der Waals surface area contributed by atoms with Gasteiger partial charge in [0.1, 0.15) is 0 Å². The molecule has 0 spiro atoms. The van der Waals surface area contributed by atoms with Gasteiger partial charge in [0.15, 0.2) is 0 Å². The standard InChI is InChI=1S/C13H14INO/c14-11-5-7-12(8-6-11)15-13(16)9-10-3-1-2-4-10/h1,3,5-8,10H,2,4,9H2,(H,15,16). The van der Waals surface area contributed by atoms with E-state index in [4.69, 9.17) is 0 Å². The Kier molecular flexibility index (Phi) is 3.98. The first-order chi connectivity index (χ1) is 7.74. The highest BCUT2D eigenvalue weighted by atomic mass is 127. The molecule has 1 unspecified atom stereocenters. The van der Waals surface area contributed by atoms with E-state index in [1.807, 2.05) is 24.3 Å². The summed E-state index contributed by atoms with van der Waals surface area (Å²) in [4.78, 5) is 11.7. The summed E-state index contributed by atoms with van der Waals surface area (Å²) in [5, 5.41) is 2.92. The molecular formula is C13H14INO. The Morgan fingerprint density at radius 2 is 2.12 bits per heavy atom. The molecule has 3 heteroatoms. The first kappa shape index (κ1) is 11.6. The molecular weight excluding hydrogens is 313 g/mol. The molecule has 1 aliphatic rings. The lowest BCUT2D eigenvalue weighted by atomic mass is 10.1. The van der Waals surface area contributed by atoms with Crippen molar-refractivity contribution < 1.29 is 4.79 Å². The summed E-state index contributed by atoms with van der Waals surface area (Å²) in [5.74, 6) is 0.543. The number of halogens is 1. The van der Waals surface area contributed by atoms with Crippen LogP contribution < -0.4 is 5.32 Å². The third kappa shape index (κ3) is 3.33. The maximum absolute atomic E-state index is 11.7. The molecule has 1 atom stereocenters. The third-order valence-corrected chi connectivity index (χ3v) is 3.41. The molecule has 0 saturated carbocycles. The summed E-state index contributed by atoms with van der Waals surface area (Å²) in [7, 11) is 0. The Labute approximate surface area is 109 Å². The Morgan fingerprint density at radius 1 is 1.38 bits per heavy atom. The number of carbonyl (C=O) groups is 1. The normalized spacial score (nSPS) is 18.7. The van der Waals surface area contributed by atoms with Crippen molar-refractivity contribution in [2.24, 2.45) is 5.92 Å². The predicted molar refractivity (Wildman–Crippen MR) is 74.3 cm³/mol. The summed E-state index contributed by atoms with van der Waals surface area (Å²) in [6.07, 6.45) is 7.13. The van der Waals surface area contributed by atoms with Gasteiger partial charge in [0.25, 0.3) is 0 Å². The SMILES string of the molecule is O=C(CC1C=CCC1)Nc1ccc(I)cc1. The number of nitrogens with one attached hydrogen (secondary N) is 1. The Balaban J connectivity index is 1.86. The second kappa shape index (κ2) is 5.48. The first-order valence-corrected chi connectivity index (χ1v) is 6.54. The molecule has 1 aliphatic carbocycles. The van der Waals surface area contributed by atoms with Gasteiger partial charge in [-0.3, -0.25) is 4.79 Å². The first-order valence-electron chi connectivity index (χ1n) is 5.46. The monoisotopic (exact) mass is 327 g/mol. The van der Waals surface area contributed by atoms with Gasteiger partial charge in [0.05, 0.1) is 0 Å². The zero-order valence-electron chi connectivity index (χ0n) is 8.95. The molecule has 1 amide bonds. The molecule has 1 N–H and O–H groups in total. The Bertz CT molecular complexity index is 397. The van der Waals surface area contributed by atoms with Crippen LogP contribution in [0, 0.1) is 9.49 Å². The summed E-state index contributed by atoms with van der Waals surface area (Å²) in [6, 6.07) is 7.85. The van der Waals surface area contributed by atoms with E-state index in [9.17, 15) is 4.79 Å². The molecule has 84 valence electrons. The van der Waals surface area contributed by atoms with E-state index in [0.29, 0.717) is 12.3 Å². The topological polar surface area (TPSA) is 29.1 Å². The zero-order chi connectivity index (χ0) is 11.4. The fraction of sp³-hybridized carbons (Fsp3) is 0.308. The molecule has 0 saturated heterocycles. The van der Waals surface area contributed by atoms with Crippen LogP contribution >= 0.6 is 22.6 Å². The largest absolute Gasteiger partial charge is 0.326 e. The summed E-state index contributed by atoms with van der Waals surface area (Å²) < 4.78 is 1.18. The fourth-order valence-corrected chi connectivity index (χ4v) is 2.21. The molecule has 0 aliphatic heterocycles. The van der Waals surface area contributed by atoms with Crippen LogP contribution in [0.15, 0.2) is 36.4 Å². The molecule has 0 bridgehead atoms. The highest BCUT2D eigenvalue weighted by Crippen LogP contribution is 2.21. The Hall–Kier alpha value is -0.840. The van der Waals surface area contributed by atoms with Crippen molar-refractivity contribution in [3.05, 3.63) is 40.0 Å². The molecule has 16 heavy (non-hydrogen) atoms. The number of allylic oxidation sites excluding steroid dienone is 2. The second-order valence-electron chi connectivity index (χ2n) is 4.02. The van der Waals surface area contributed by atoms with Gasteiger partial charge >= 0.3 is 0 Å². The lowest BCUT2D eigenvalue weighted by molar-refractivity contribution is -0.116. The van der Waals surface area contributed by atoms with Gasteiger partial charge in [-0.05, 0) is 65.6 Å². The smallest absolute Gasteiger partial charge is 0.224 e. The number of carbonyl (C=O) groups excluding carboxylic acids is 1. The van der Waals surface area contributed by atoms with Crippen molar-refractivity contribution in [1.82, 2.24) is 0 Å². The van der Waals surface area contributed by atoms with Crippen LogP contribution in [0.2, 0.25) is 0 Å². The minimum atomic E-state index is 0.109. The van der Waals surface area contributed by atoms with E-state index in [2.05, 4.69) is 40.1 Å². The Morgan fingerprint density at radius 3 is 2.75 bits per heavy atom. The quantitative estimate of drug-likeness (QED) is 0.667. The van der Waals surface area contributed by atoms with Crippen molar-refractivity contribution in [1.29, 1.82) is 0 Å². The third-order valence-electron chi connectivity index (χ3n) is 2.69. The van der Waals surface area contributed by atoms with Gasteiger partial charge in [0, 0.05) is 15.7 Å². The summed E-state index contributed by atoms with van der Waals surface area (Å²) in [5.41, 5.74) is 0.882. The van der Waals surface area contributed by atoms with Gasteiger partial charge in [-0.2, -0.15) is 0 Å². The fourth-order valence-electron chi connectivity index (χ4n) is 1.85. The van der Waals surface area contributed by atoms with Crippen LogP contribution in [0.3, 0.4) is 0 Å². The van der Waals surface area contributed by atoms with Crippen molar-refractivity contribution in [2.75, 3.05) is 5.32 Å². The number of hydrogen-bond acceptors (Lipinski definition) is 1. The maximum atomic E-state index is 11.7. The lowest BCUT2D eigenvalue weighted by Crippen LogP contribution is -2.14.